The van der Waals surface area contributed by atoms with E-state index in [1.165, 1.54) is 17.8 Å². The van der Waals surface area contributed by atoms with Crippen LogP contribution in [-0.4, -0.2) is 33.0 Å². The Balaban J connectivity index is 1.64. The Morgan fingerprint density at radius 2 is 1.83 bits per heavy atom. The van der Waals surface area contributed by atoms with Gasteiger partial charge in [-0.1, -0.05) is 42.1 Å². The molecule has 0 aliphatic heterocycles. The van der Waals surface area contributed by atoms with E-state index in [2.05, 4.69) is 10.2 Å². The molecule has 0 atom stereocenters. The monoisotopic (exact) mass is 414 g/mol. The smallest absolute Gasteiger partial charge is 0.237 e. The summed E-state index contributed by atoms with van der Waals surface area (Å²) in [7, 11) is 0. The zero-order chi connectivity index (χ0) is 20.6. The average molecular weight is 415 g/mol. The minimum absolute atomic E-state index is 0.00138. The highest BCUT2D eigenvalue weighted by Crippen LogP contribution is 2.22. The Kier molecular flexibility index (Phi) is 7.24. The first kappa shape index (κ1) is 20.9. The normalized spacial score (nSPS) is 10.7. The van der Waals surface area contributed by atoms with Gasteiger partial charge in [0.05, 0.1) is 5.75 Å². The van der Waals surface area contributed by atoms with E-state index in [0.29, 0.717) is 24.1 Å². The molecule has 1 aromatic heterocycles. The van der Waals surface area contributed by atoms with Gasteiger partial charge in [0.15, 0.2) is 22.5 Å². The molecule has 0 radical (unpaired) electrons. The Morgan fingerprint density at radius 3 is 2.52 bits per heavy atom. The van der Waals surface area contributed by atoms with E-state index in [9.17, 15) is 9.18 Å². The number of carbonyl (C=O) groups excluding carboxylic acids is 1. The van der Waals surface area contributed by atoms with Crippen LogP contribution < -0.4 is 9.64 Å². The van der Waals surface area contributed by atoms with Crippen molar-refractivity contribution >= 4 is 23.4 Å². The van der Waals surface area contributed by atoms with E-state index >= 15 is 0 Å². The van der Waals surface area contributed by atoms with Gasteiger partial charge in [0.25, 0.3) is 0 Å². The second kappa shape index (κ2) is 10.1. The fraction of sp³-hybridized carbons (Fsp3) is 0.286. The Labute approximate surface area is 173 Å². The van der Waals surface area contributed by atoms with Crippen LogP contribution in [0.3, 0.4) is 0 Å². The van der Waals surface area contributed by atoms with Crippen LogP contribution in [0.5, 0.6) is 5.75 Å². The van der Waals surface area contributed by atoms with Gasteiger partial charge in [-0.05, 0) is 38.1 Å². The molecule has 3 rings (SSSR count). The van der Waals surface area contributed by atoms with Crippen LogP contribution in [0.25, 0.3) is 0 Å². The summed E-state index contributed by atoms with van der Waals surface area (Å²) in [6, 6.07) is 15.8. The molecule has 0 saturated carbocycles. The lowest BCUT2D eigenvalue weighted by Gasteiger charge is -2.20. The third-order valence-electron chi connectivity index (χ3n) is 4.31. The Bertz CT molecular complexity index is 949. The maximum Gasteiger partial charge on any atom is 0.237 e. The molecule has 3 aromatic rings. The van der Waals surface area contributed by atoms with E-state index in [1.54, 1.807) is 23.1 Å². The van der Waals surface area contributed by atoms with Crippen molar-refractivity contribution in [2.45, 2.75) is 32.2 Å². The summed E-state index contributed by atoms with van der Waals surface area (Å²) >= 11 is 1.33. The molecular formula is C21H23FN4O2S. The molecule has 2 aromatic carbocycles. The molecular weight excluding hydrogens is 391 g/mol. The third-order valence-corrected chi connectivity index (χ3v) is 5.26. The Morgan fingerprint density at radius 1 is 1.10 bits per heavy atom. The number of rotatable bonds is 9. The predicted octanol–water partition coefficient (Wildman–Crippen LogP) is 4.16. The maximum atomic E-state index is 13.7. The van der Waals surface area contributed by atoms with Gasteiger partial charge in [-0.25, -0.2) is 4.39 Å². The molecule has 0 fully saturated rings. The molecule has 0 unspecified atom stereocenters. The first-order valence-corrected chi connectivity index (χ1v) is 10.4. The van der Waals surface area contributed by atoms with Crippen molar-refractivity contribution in [3.63, 3.8) is 0 Å². The Hall–Kier alpha value is -2.87. The summed E-state index contributed by atoms with van der Waals surface area (Å²) in [5.74, 6) is 0.578. The number of halogens is 1. The van der Waals surface area contributed by atoms with Crippen molar-refractivity contribution in [3.8, 4) is 5.75 Å². The minimum atomic E-state index is -0.421. The van der Waals surface area contributed by atoms with Gasteiger partial charge in [0.2, 0.25) is 5.91 Å². The molecule has 0 spiro atoms. The number of carbonyl (C=O) groups is 1. The second-order valence-corrected chi connectivity index (χ2v) is 7.07. The third kappa shape index (κ3) is 5.14. The number of aromatic nitrogens is 3. The van der Waals surface area contributed by atoms with Crippen LogP contribution in [0.15, 0.2) is 59.8 Å². The molecule has 1 amide bonds. The average Bonchev–Trinajstić information content (AvgIpc) is 3.14. The lowest BCUT2D eigenvalue weighted by molar-refractivity contribution is -0.116. The summed E-state index contributed by atoms with van der Waals surface area (Å²) in [6.07, 6.45) is 0. The first-order chi connectivity index (χ1) is 14.1. The summed E-state index contributed by atoms with van der Waals surface area (Å²) < 4.78 is 21.1. The predicted molar refractivity (Wildman–Crippen MR) is 112 cm³/mol. The number of anilines is 1. The number of hydrogen-bond donors (Lipinski definition) is 0. The summed E-state index contributed by atoms with van der Waals surface area (Å²) in [4.78, 5) is 14.4. The van der Waals surface area contributed by atoms with Crippen LogP contribution in [-0.2, 0) is 17.9 Å². The molecule has 0 aliphatic carbocycles. The van der Waals surface area contributed by atoms with Crippen LogP contribution in [0.1, 0.15) is 19.7 Å². The van der Waals surface area contributed by atoms with Crippen molar-refractivity contribution in [2.24, 2.45) is 0 Å². The van der Waals surface area contributed by atoms with E-state index in [4.69, 9.17) is 4.74 Å². The molecule has 0 aliphatic rings. The molecule has 29 heavy (non-hydrogen) atoms. The van der Waals surface area contributed by atoms with Crippen molar-refractivity contribution in [1.82, 2.24) is 14.8 Å². The number of amides is 1. The van der Waals surface area contributed by atoms with Crippen LogP contribution >= 0.6 is 11.8 Å². The maximum absolute atomic E-state index is 13.7. The fourth-order valence-corrected chi connectivity index (χ4v) is 3.77. The van der Waals surface area contributed by atoms with Crippen molar-refractivity contribution < 1.29 is 13.9 Å². The summed E-state index contributed by atoms with van der Waals surface area (Å²) in [5.41, 5.74) is 0.872. The molecule has 0 N–H and O–H groups in total. The number of thioether (sulfide) groups is 1. The standard InChI is InChI=1S/C21H23FN4O2S/c1-3-25(16-10-6-5-7-11-16)20(27)15-29-21-24-23-19(26(21)4-2)14-28-18-13-9-8-12-17(18)22/h5-13H,3-4,14-15H2,1-2H3. The number of benzene rings is 2. The summed E-state index contributed by atoms with van der Waals surface area (Å²) in [5, 5.41) is 8.97. The molecule has 8 heteroatoms. The highest BCUT2D eigenvalue weighted by Gasteiger charge is 2.18. The van der Waals surface area contributed by atoms with E-state index in [0.717, 1.165) is 5.69 Å². The number of nitrogens with zero attached hydrogens (tertiary/aromatic N) is 4. The summed E-state index contributed by atoms with van der Waals surface area (Å²) in [6.45, 7) is 5.22. The van der Waals surface area contributed by atoms with Crippen LogP contribution in [0.2, 0.25) is 0 Å². The van der Waals surface area contributed by atoms with Crippen molar-refractivity contribution in [1.29, 1.82) is 0 Å². The molecule has 1 heterocycles. The van der Waals surface area contributed by atoms with Gasteiger partial charge < -0.3 is 14.2 Å². The van der Waals surface area contributed by atoms with Gasteiger partial charge in [-0.2, -0.15) is 0 Å². The number of hydrogen-bond acceptors (Lipinski definition) is 5. The SMILES string of the molecule is CCN(C(=O)CSc1nnc(COc2ccccc2F)n1CC)c1ccccc1. The van der Waals surface area contributed by atoms with Gasteiger partial charge in [0.1, 0.15) is 6.61 Å². The lowest BCUT2D eigenvalue weighted by Crippen LogP contribution is -2.32. The van der Waals surface area contributed by atoms with Crippen molar-refractivity contribution in [2.75, 3.05) is 17.2 Å². The van der Waals surface area contributed by atoms with Gasteiger partial charge in [-0.3, -0.25) is 4.79 Å². The lowest BCUT2D eigenvalue weighted by atomic mass is 10.3. The zero-order valence-corrected chi connectivity index (χ0v) is 17.2. The largest absolute Gasteiger partial charge is 0.483 e. The quantitative estimate of drug-likeness (QED) is 0.492. The van der Waals surface area contributed by atoms with Crippen LogP contribution in [0.4, 0.5) is 10.1 Å². The second-order valence-electron chi connectivity index (χ2n) is 6.12. The van der Waals surface area contributed by atoms with Gasteiger partial charge >= 0.3 is 0 Å². The molecule has 0 saturated heterocycles. The first-order valence-electron chi connectivity index (χ1n) is 9.41. The molecule has 0 bridgehead atoms. The molecule has 152 valence electrons. The van der Waals surface area contributed by atoms with E-state index in [1.807, 2.05) is 48.7 Å². The van der Waals surface area contributed by atoms with Crippen molar-refractivity contribution in [3.05, 3.63) is 66.2 Å². The van der Waals surface area contributed by atoms with Gasteiger partial charge in [-0.15, -0.1) is 10.2 Å². The minimum Gasteiger partial charge on any atom is -0.483 e. The van der Waals surface area contributed by atoms with Gasteiger partial charge in [0, 0.05) is 18.8 Å². The topological polar surface area (TPSA) is 60.3 Å². The molecule has 6 nitrogen and oxygen atoms in total. The van der Waals surface area contributed by atoms with E-state index < -0.39 is 5.82 Å². The zero-order valence-electron chi connectivity index (χ0n) is 16.4. The van der Waals surface area contributed by atoms with E-state index in [-0.39, 0.29) is 24.0 Å². The number of ether oxygens (including phenoxy) is 1. The highest BCUT2D eigenvalue weighted by molar-refractivity contribution is 7.99. The fourth-order valence-electron chi connectivity index (χ4n) is 2.87. The number of para-hydroxylation sites is 2. The van der Waals surface area contributed by atoms with Crippen LogP contribution in [0, 0.1) is 5.82 Å². The highest BCUT2D eigenvalue weighted by atomic mass is 32.2.